The average Bonchev–Trinajstić information content (AvgIpc) is 3.40. The van der Waals surface area contributed by atoms with Crippen molar-refractivity contribution >= 4 is 59.1 Å². The van der Waals surface area contributed by atoms with Crippen LogP contribution in [0, 0.1) is 17.8 Å². The average molecular weight is 1130 g/mol. The van der Waals surface area contributed by atoms with Crippen molar-refractivity contribution in [2.75, 3.05) is 54.9 Å². The van der Waals surface area contributed by atoms with Crippen molar-refractivity contribution in [3.05, 3.63) is 35.9 Å². The lowest BCUT2D eigenvalue weighted by molar-refractivity contribution is -0.156. The Morgan fingerprint density at radius 3 is 1.65 bits per heavy atom. The van der Waals surface area contributed by atoms with Crippen LogP contribution in [-0.4, -0.2) is 214 Å². The van der Waals surface area contributed by atoms with Crippen LogP contribution in [0.4, 0.5) is 0 Å². The summed E-state index contributed by atoms with van der Waals surface area (Å²) in [5.41, 5.74) is 3.92. The first kappa shape index (κ1) is 68.1. The van der Waals surface area contributed by atoms with Gasteiger partial charge in [0, 0.05) is 54.7 Å². The Morgan fingerprint density at radius 1 is 0.662 bits per heavy atom. The van der Waals surface area contributed by atoms with Gasteiger partial charge in [0.25, 0.3) is 5.91 Å². The van der Waals surface area contributed by atoms with E-state index in [9.17, 15) is 53.1 Å². The number of hydrogen-bond donors (Lipinski definition) is 6. The van der Waals surface area contributed by atoms with Gasteiger partial charge in [-0.1, -0.05) is 71.9 Å². The van der Waals surface area contributed by atoms with E-state index in [1.165, 1.54) is 65.8 Å². The minimum atomic E-state index is -2.58. The van der Waals surface area contributed by atoms with Gasteiger partial charge in [0.05, 0.1) is 24.7 Å². The number of amides is 10. The number of aliphatic hydroxyl groups excluding tert-OH is 1. The molecule has 0 radical (unpaired) electrons. The predicted octanol–water partition coefficient (Wildman–Crippen LogP) is 0.990. The van der Waals surface area contributed by atoms with Crippen molar-refractivity contribution < 1.29 is 57.8 Å². The molecule has 0 bridgehead atoms. The van der Waals surface area contributed by atoms with Crippen LogP contribution in [0.15, 0.2) is 30.3 Å². The zero-order valence-electron chi connectivity index (χ0n) is 50.6. The molecule has 2 aliphatic heterocycles. The van der Waals surface area contributed by atoms with Crippen LogP contribution < -0.4 is 27.0 Å². The summed E-state index contributed by atoms with van der Waals surface area (Å²) in [5, 5.41) is 21.9. The second kappa shape index (κ2) is 29.5. The third-order valence-corrected chi connectivity index (χ3v) is 15.1. The lowest BCUT2D eigenvalue weighted by atomic mass is 9.97. The Bertz CT molecular complexity index is 2340. The number of ether oxygens (including phenoxy) is 1. The van der Waals surface area contributed by atoms with Crippen molar-refractivity contribution in [1.82, 2.24) is 50.7 Å². The number of benzene rings is 1. The molecule has 10 atom stereocenters. The summed E-state index contributed by atoms with van der Waals surface area (Å²) in [6.07, 6.45) is -0.0859. The molecule has 0 spiro atoms. The van der Waals surface area contributed by atoms with Crippen LogP contribution in [-0.2, 0) is 59.1 Å². The van der Waals surface area contributed by atoms with Crippen molar-refractivity contribution in [2.24, 2.45) is 23.5 Å². The highest BCUT2D eigenvalue weighted by molar-refractivity contribution is 6.00. The molecule has 10 amide bonds. The maximum absolute atomic E-state index is 14.9. The number of nitrogens with zero attached hydrogens (tertiary/aromatic N) is 6. The number of nitrogens with two attached hydrogens (primary N) is 1. The van der Waals surface area contributed by atoms with Crippen molar-refractivity contribution in [3.63, 3.8) is 0 Å². The maximum Gasteiger partial charge on any atom is 0.266 e. The molecular formula is C57H95N11O12. The number of piperidine rings is 1. The lowest BCUT2D eigenvalue weighted by Crippen LogP contribution is -2.73. The number of likely N-dealkylation sites (tertiary alicyclic amines) is 1. The molecule has 2 heterocycles. The smallest absolute Gasteiger partial charge is 0.266 e. The summed E-state index contributed by atoms with van der Waals surface area (Å²) in [7, 11) is 6.77. The molecule has 80 heavy (non-hydrogen) atoms. The summed E-state index contributed by atoms with van der Waals surface area (Å²) in [4.78, 5) is 153. The normalized spacial score (nSPS) is 27.5. The highest BCUT2D eigenvalue weighted by Crippen LogP contribution is 2.22. The van der Waals surface area contributed by atoms with Crippen LogP contribution in [0.1, 0.15) is 127 Å². The van der Waals surface area contributed by atoms with E-state index in [1.807, 2.05) is 13.8 Å². The lowest BCUT2D eigenvalue weighted by Gasteiger charge is -2.41. The zero-order valence-corrected chi connectivity index (χ0v) is 50.6. The highest BCUT2D eigenvalue weighted by Gasteiger charge is 2.48. The Kier molecular flexibility index (Phi) is 25.1. The highest BCUT2D eigenvalue weighted by atomic mass is 16.5. The Hall–Kier alpha value is -6.20. The summed E-state index contributed by atoms with van der Waals surface area (Å²) >= 11 is 0. The zero-order chi connectivity index (χ0) is 60.9. The monoisotopic (exact) mass is 1130 g/mol. The van der Waals surface area contributed by atoms with E-state index in [2.05, 4.69) is 21.3 Å². The second-order valence-corrected chi connectivity index (χ2v) is 24.0. The molecule has 2 aliphatic rings. The summed E-state index contributed by atoms with van der Waals surface area (Å²) in [6.45, 7) is 20.2. The maximum atomic E-state index is 14.9. The van der Waals surface area contributed by atoms with Crippen LogP contribution >= 0.6 is 0 Å². The quantitative estimate of drug-likeness (QED) is 0.181. The van der Waals surface area contributed by atoms with Crippen LogP contribution in [0.5, 0.6) is 0 Å². The molecule has 1 unspecified atom stereocenters. The first-order valence-corrected chi connectivity index (χ1v) is 28.1. The number of rotatable bonds is 11. The second-order valence-electron chi connectivity index (χ2n) is 24.0. The first-order valence-electron chi connectivity index (χ1n) is 28.1. The summed E-state index contributed by atoms with van der Waals surface area (Å²) in [5.74, 6) is -8.84. The predicted molar refractivity (Wildman–Crippen MR) is 301 cm³/mol. The Labute approximate surface area is 474 Å². The van der Waals surface area contributed by atoms with Gasteiger partial charge in [-0.05, 0) is 97.0 Å². The largest absolute Gasteiger partial charge is 0.389 e. The fourth-order valence-corrected chi connectivity index (χ4v) is 9.64. The third kappa shape index (κ3) is 18.2. The summed E-state index contributed by atoms with van der Waals surface area (Å²) < 4.78 is 6.05. The fourth-order valence-electron chi connectivity index (χ4n) is 9.64. The van der Waals surface area contributed by atoms with Gasteiger partial charge in [-0.25, -0.2) is 0 Å². The van der Waals surface area contributed by atoms with Gasteiger partial charge >= 0.3 is 0 Å². The van der Waals surface area contributed by atoms with Crippen LogP contribution in [0.25, 0.3) is 0 Å². The molecule has 2 saturated heterocycles. The van der Waals surface area contributed by atoms with Crippen LogP contribution in [0.2, 0.25) is 0 Å². The number of likely N-dealkylation sites (N-methyl/N-ethyl adjacent to an activating group) is 5. The van der Waals surface area contributed by atoms with Gasteiger partial charge in [0.2, 0.25) is 53.2 Å². The van der Waals surface area contributed by atoms with E-state index in [-0.39, 0.29) is 31.1 Å². The molecular weight excluding hydrogens is 1030 g/mol. The Morgan fingerprint density at radius 2 is 1.16 bits per heavy atom. The molecule has 450 valence electrons. The molecule has 1 aromatic rings. The van der Waals surface area contributed by atoms with E-state index in [4.69, 9.17) is 10.5 Å². The van der Waals surface area contributed by atoms with Crippen LogP contribution in [0.3, 0.4) is 0 Å². The van der Waals surface area contributed by atoms with Gasteiger partial charge in [-0.2, -0.15) is 0 Å². The van der Waals surface area contributed by atoms with Gasteiger partial charge in [-0.3, -0.25) is 53.7 Å². The molecule has 3 rings (SSSR count). The molecule has 23 nitrogen and oxygen atoms in total. The van der Waals surface area contributed by atoms with Crippen molar-refractivity contribution in [3.8, 4) is 0 Å². The molecule has 0 aromatic heterocycles. The molecule has 23 heteroatoms. The number of carbonyl (C=O) groups excluding carboxylic acids is 10. The van der Waals surface area contributed by atoms with Gasteiger partial charge in [-0.15, -0.1) is 0 Å². The molecule has 7 N–H and O–H groups in total. The number of hydrogen-bond acceptors (Lipinski definition) is 13. The van der Waals surface area contributed by atoms with Crippen molar-refractivity contribution in [2.45, 2.75) is 194 Å². The fraction of sp³-hybridized carbons (Fsp3) is 0.719. The summed E-state index contributed by atoms with van der Waals surface area (Å²) in [6, 6.07) is -1.86. The van der Waals surface area contributed by atoms with E-state index < -0.39 is 144 Å². The number of aliphatic hydroxyl groups is 1. The first-order chi connectivity index (χ1) is 37.0. The van der Waals surface area contributed by atoms with E-state index in [0.717, 1.165) is 21.1 Å². The molecule has 1 aromatic carbocycles. The molecule has 2 fully saturated rings. The van der Waals surface area contributed by atoms with E-state index in [0.29, 0.717) is 31.5 Å². The SMILES string of the molecule is CC(C)C[C@H]1C(=O)N[C@@](N)([C@@H](C)O)C(=O)N(C)[C@@H](C)C(=O)N(C)[C@@H](CC(C)C)C(=O)N[C@@H](COC(C)(C)C)C(=O)NC(C(=O)N2CCCCC2)CC(=O)N[C@H](C(C)C)C(=O)N(C)[C@@H](Cc2ccccc2)C(=O)N(C)[C@@H](C)C(=O)N1C. The van der Waals surface area contributed by atoms with E-state index >= 15 is 0 Å². The molecule has 0 saturated carbocycles. The minimum Gasteiger partial charge on any atom is -0.389 e. The third-order valence-electron chi connectivity index (χ3n) is 15.1. The topological polar surface area (TPSA) is 294 Å². The number of carbonyl (C=O) groups is 10. The minimum absolute atomic E-state index is 0.0195. The van der Waals surface area contributed by atoms with E-state index in [1.54, 1.807) is 83.7 Å². The molecule has 0 aliphatic carbocycles. The number of nitrogens with one attached hydrogen (secondary N) is 4. The Balaban J connectivity index is 2.33. The van der Waals surface area contributed by atoms with Crippen molar-refractivity contribution in [1.29, 1.82) is 0 Å². The van der Waals surface area contributed by atoms with Gasteiger partial charge < -0.3 is 60.5 Å². The standard InChI is InChI=1S/C57H95N11O12/c1-33(2)28-42-48(72)60-41(32-80-56(10,11)12)47(71)59-40(52(76)68-26-22-19-23-27-68)31-45(70)61-46(35(5)6)54(78)67(17)44(30-39-24-20-18-21-25-39)53(77)63(13)36(7)50(74)66(16)43(29-34(3)4)49(73)62-57(58,38(9)69)55(79)64(14)37(8)51(75)65(42)15/h18,20-21,24-25,33-38,40-44,46,69H,19,22-23,26-32,58H2,1-17H3,(H,59,71)(H,60,72)(H,61,70)(H,62,73)/t36-,37-,38+,40?,41-,42-,43-,44-,46+,57-/m0/s1. The van der Waals surface area contributed by atoms with Gasteiger partial charge in [0.15, 0.2) is 5.66 Å². The van der Waals surface area contributed by atoms with Gasteiger partial charge in [0.1, 0.15) is 48.3 Å².